The number of carbonyl (C=O) groups is 1. The van der Waals surface area contributed by atoms with Crippen molar-refractivity contribution in [3.05, 3.63) is 70.3 Å². The van der Waals surface area contributed by atoms with Crippen LogP contribution in [-0.4, -0.2) is 51.9 Å². The van der Waals surface area contributed by atoms with Crippen LogP contribution in [0, 0.1) is 0 Å². The fourth-order valence-electron chi connectivity index (χ4n) is 3.92. The van der Waals surface area contributed by atoms with E-state index in [-0.39, 0.29) is 17.3 Å². The van der Waals surface area contributed by atoms with Crippen molar-refractivity contribution in [2.24, 2.45) is 4.99 Å². The largest absolute Gasteiger partial charge is 0.416 e. The molecule has 0 spiro atoms. The highest BCUT2D eigenvalue weighted by Gasteiger charge is 2.33. The molecule has 0 saturated carbocycles. The van der Waals surface area contributed by atoms with Crippen LogP contribution >= 0.6 is 11.8 Å². The summed E-state index contributed by atoms with van der Waals surface area (Å²) in [4.78, 5) is 19.5. The van der Waals surface area contributed by atoms with E-state index in [9.17, 15) is 18.0 Å². The lowest BCUT2D eigenvalue weighted by molar-refractivity contribution is -0.138. The molecule has 1 aliphatic heterocycles. The Balaban J connectivity index is 1.55. The van der Waals surface area contributed by atoms with E-state index in [0.717, 1.165) is 53.3 Å². The minimum atomic E-state index is -4.42. The third-order valence-corrected chi connectivity index (χ3v) is 6.58. The van der Waals surface area contributed by atoms with Gasteiger partial charge >= 0.3 is 6.18 Å². The SMILES string of the molecule is CCN(CC)CCN=C1NC(=O)S/C1=C\c1ccc2nn(Cc3ccccc3C(F)(F)F)cc2c1. The molecule has 35 heavy (non-hydrogen) atoms. The first kappa shape index (κ1) is 25.0. The molecule has 1 amide bonds. The fraction of sp³-hybridized carbons (Fsp3) is 0.320. The molecule has 0 radical (unpaired) electrons. The van der Waals surface area contributed by atoms with Gasteiger partial charge in [0.1, 0.15) is 5.84 Å². The molecule has 1 aromatic heterocycles. The molecule has 10 heteroatoms. The van der Waals surface area contributed by atoms with Crippen molar-refractivity contribution in [2.75, 3.05) is 26.2 Å². The molecule has 0 unspecified atom stereocenters. The Labute approximate surface area is 205 Å². The number of hydrogen-bond acceptors (Lipinski definition) is 5. The van der Waals surface area contributed by atoms with Gasteiger partial charge in [0.25, 0.3) is 5.24 Å². The highest BCUT2D eigenvalue weighted by atomic mass is 32.2. The van der Waals surface area contributed by atoms with Crippen LogP contribution in [0.1, 0.15) is 30.5 Å². The van der Waals surface area contributed by atoms with Crippen molar-refractivity contribution in [1.82, 2.24) is 20.0 Å². The van der Waals surface area contributed by atoms with Crippen LogP contribution in [0.15, 0.2) is 58.6 Å². The van der Waals surface area contributed by atoms with Crippen LogP contribution in [0.2, 0.25) is 0 Å². The Morgan fingerprint density at radius 1 is 1.17 bits per heavy atom. The number of amidine groups is 1. The van der Waals surface area contributed by atoms with Gasteiger partial charge in [0, 0.05) is 18.1 Å². The van der Waals surface area contributed by atoms with E-state index in [1.54, 1.807) is 12.3 Å². The van der Waals surface area contributed by atoms with Gasteiger partial charge in [0.15, 0.2) is 0 Å². The summed E-state index contributed by atoms with van der Waals surface area (Å²) in [6.07, 6.45) is -0.805. The number of fused-ring (bicyclic) bond motifs is 1. The first-order valence-corrected chi connectivity index (χ1v) is 12.2. The van der Waals surface area contributed by atoms with E-state index >= 15 is 0 Å². The topological polar surface area (TPSA) is 62.5 Å². The molecule has 1 fully saturated rings. The van der Waals surface area contributed by atoms with E-state index in [2.05, 4.69) is 34.2 Å². The maximum absolute atomic E-state index is 13.3. The number of rotatable bonds is 8. The van der Waals surface area contributed by atoms with Gasteiger partial charge in [-0.1, -0.05) is 38.1 Å². The average molecular weight is 502 g/mol. The number of likely N-dealkylation sites (N-methyl/N-ethyl adjacent to an activating group) is 1. The quantitative estimate of drug-likeness (QED) is 0.434. The van der Waals surface area contributed by atoms with Crippen LogP contribution in [0.3, 0.4) is 0 Å². The summed E-state index contributed by atoms with van der Waals surface area (Å²) in [6.45, 7) is 7.50. The van der Waals surface area contributed by atoms with E-state index < -0.39 is 11.7 Å². The van der Waals surface area contributed by atoms with Crippen LogP contribution in [-0.2, 0) is 12.7 Å². The van der Waals surface area contributed by atoms with Crippen molar-refractivity contribution in [1.29, 1.82) is 0 Å². The summed E-state index contributed by atoms with van der Waals surface area (Å²) in [6, 6.07) is 11.1. The molecule has 0 aliphatic carbocycles. The Morgan fingerprint density at radius 2 is 1.94 bits per heavy atom. The molecule has 4 rings (SSSR count). The zero-order valence-corrected chi connectivity index (χ0v) is 20.3. The lowest BCUT2D eigenvalue weighted by atomic mass is 10.1. The molecule has 1 saturated heterocycles. The molecule has 0 atom stereocenters. The van der Waals surface area contributed by atoms with Gasteiger partial charge in [-0.3, -0.25) is 14.5 Å². The van der Waals surface area contributed by atoms with Gasteiger partial charge in [-0.15, -0.1) is 0 Å². The van der Waals surface area contributed by atoms with Crippen LogP contribution < -0.4 is 5.32 Å². The third-order valence-electron chi connectivity index (χ3n) is 5.77. The number of aliphatic imine (C=N–C) groups is 1. The van der Waals surface area contributed by atoms with Gasteiger partial charge in [-0.05, 0) is 60.3 Å². The minimum Gasteiger partial charge on any atom is -0.302 e. The summed E-state index contributed by atoms with van der Waals surface area (Å²) in [5.74, 6) is 0.562. The molecule has 6 nitrogen and oxygen atoms in total. The van der Waals surface area contributed by atoms with Gasteiger partial charge in [-0.25, -0.2) is 0 Å². The number of aromatic nitrogens is 2. The fourth-order valence-corrected chi connectivity index (χ4v) is 4.67. The maximum atomic E-state index is 13.3. The number of hydrogen-bond donors (Lipinski definition) is 1. The van der Waals surface area contributed by atoms with Gasteiger partial charge < -0.3 is 10.2 Å². The highest BCUT2D eigenvalue weighted by Crippen LogP contribution is 2.32. The summed E-state index contributed by atoms with van der Waals surface area (Å²) < 4.78 is 41.5. The maximum Gasteiger partial charge on any atom is 0.416 e. The van der Waals surface area contributed by atoms with Crippen molar-refractivity contribution in [3.8, 4) is 0 Å². The summed E-state index contributed by atoms with van der Waals surface area (Å²) >= 11 is 1.09. The number of nitrogens with zero attached hydrogens (tertiary/aromatic N) is 4. The second-order valence-electron chi connectivity index (χ2n) is 8.08. The molecular weight excluding hydrogens is 475 g/mol. The molecule has 2 aromatic carbocycles. The molecule has 0 bridgehead atoms. The molecule has 3 aromatic rings. The van der Waals surface area contributed by atoms with Gasteiger partial charge in [0.2, 0.25) is 0 Å². The normalized spacial score (nSPS) is 16.7. The second kappa shape index (κ2) is 10.7. The summed E-state index contributed by atoms with van der Waals surface area (Å²) in [5, 5.41) is 7.86. The Kier molecular flexibility index (Phi) is 7.61. The predicted molar refractivity (Wildman–Crippen MR) is 134 cm³/mol. The van der Waals surface area contributed by atoms with E-state index in [1.807, 2.05) is 24.3 Å². The number of thioether (sulfide) groups is 1. The molecular formula is C25H26F3N5OS. The minimum absolute atomic E-state index is 0.0123. The van der Waals surface area contributed by atoms with Crippen molar-refractivity contribution in [3.63, 3.8) is 0 Å². The number of halogens is 3. The second-order valence-corrected chi connectivity index (χ2v) is 9.09. The zero-order chi connectivity index (χ0) is 25.0. The lowest BCUT2D eigenvalue weighted by Gasteiger charge is -2.16. The number of carbonyl (C=O) groups excluding carboxylic acids is 1. The Bertz CT molecular complexity index is 1280. The summed E-state index contributed by atoms with van der Waals surface area (Å²) in [5.41, 5.74) is 1.03. The van der Waals surface area contributed by atoms with Crippen LogP contribution in [0.5, 0.6) is 0 Å². The van der Waals surface area contributed by atoms with E-state index in [4.69, 9.17) is 0 Å². The predicted octanol–water partition coefficient (Wildman–Crippen LogP) is 5.64. The zero-order valence-electron chi connectivity index (χ0n) is 19.5. The molecule has 184 valence electrons. The average Bonchev–Trinajstić information content (AvgIpc) is 3.38. The first-order chi connectivity index (χ1) is 16.8. The Morgan fingerprint density at radius 3 is 2.69 bits per heavy atom. The van der Waals surface area contributed by atoms with Crippen LogP contribution in [0.25, 0.3) is 17.0 Å². The van der Waals surface area contributed by atoms with Crippen molar-refractivity contribution >= 4 is 39.8 Å². The first-order valence-electron chi connectivity index (χ1n) is 11.4. The van der Waals surface area contributed by atoms with E-state index in [1.165, 1.54) is 16.8 Å². The smallest absolute Gasteiger partial charge is 0.302 e. The van der Waals surface area contributed by atoms with Gasteiger partial charge in [0.05, 0.1) is 29.1 Å². The number of alkyl halides is 3. The monoisotopic (exact) mass is 501 g/mol. The standard InChI is InChI=1S/C25H26F3N5OS/c1-3-32(4-2)12-11-29-23-22(35-24(34)30-23)14-17-9-10-21-19(13-17)16-33(31-21)15-18-7-5-6-8-20(18)25(26,27)28/h5-10,13-14,16H,3-4,11-12,15H2,1-2H3,(H,29,30,34)/b22-14-. The third kappa shape index (κ3) is 6.12. The van der Waals surface area contributed by atoms with Crippen LogP contribution in [0.4, 0.5) is 18.0 Å². The molecule has 2 heterocycles. The lowest BCUT2D eigenvalue weighted by Crippen LogP contribution is -2.27. The highest BCUT2D eigenvalue weighted by molar-refractivity contribution is 8.18. The van der Waals surface area contributed by atoms with Crippen molar-refractivity contribution < 1.29 is 18.0 Å². The number of nitrogens with one attached hydrogen (secondary N) is 1. The van der Waals surface area contributed by atoms with E-state index in [0.29, 0.717) is 17.9 Å². The molecule has 1 N–H and O–H groups in total. The number of benzene rings is 2. The molecule has 1 aliphatic rings. The van der Waals surface area contributed by atoms with Gasteiger partial charge in [-0.2, -0.15) is 18.3 Å². The number of amides is 1. The van der Waals surface area contributed by atoms with Crippen molar-refractivity contribution in [2.45, 2.75) is 26.6 Å². The summed E-state index contributed by atoms with van der Waals surface area (Å²) in [7, 11) is 0. The Hall–Kier alpha value is -3.11.